The quantitative estimate of drug-likeness (QED) is 0.714. The van der Waals surface area contributed by atoms with Crippen LogP contribution in [0, 0.1) is 0 Å². The van der Waals surface area contributed by atoms with Crippen molar-refractivity contribution in [2.45, 2.75) is 25.9 Å². The van der Waals surface area contributed by atoms with Crippen molar-refractivity contribution in [1.82, 2.24) is 19.3 Å². The van der Waals surface area contributed by atoms with E-state index in [0.717, 1.165) is 29.4 Å². The molecule has 5 nitrogen and oxygen atoms in total. The van der Waals surface area contributed by atoms with E-state index < -0.39 is 11.7 Å². The number of nitrogens with one attached hydrogen (secondary N) is 1. The Labute approximate surface area is 146 Å². The minimum absolute atomic E-state index is 0.264. The number of aromatic nitrogens is 4. The second kappa shape index (κ2) is 6.75. The van der Waals surface area contributed by atoms with Gasteiger partial charge in [0.15, 0.2) is 5.82 Å². The third-order valence-electron chi connectivity index (χ3n) is 3.43. The van der Waals surface area contributed by atoms with Crippen molar-refractivity contribution in [2.24, 2.45) is 0 Å². The van der Waals surface area contributed by atoms with Crippen LogP contribution in [0.5, 0.6) is 0 Å². The summed E-state index contributed by atoms with van der Waals surface area (Å²) >= 11 is 1.09. The first-order valence-corrected chi connectivity index (χ1v) is 8.20. The van der Waals surface area contributed by atoms with Crippen molar-refractivity contribution in [3.63, 3.8) is 0 Å². The molecule has 0 aliphatic heterocycles. The molecular weight excluding hydrogens is 351 g/mol. The maximum absolute atomic E-state index is 12.5. The third-order valence-corrected chi connectivity index (χ3v) is 4.06. The van der Waals surface area contributed by atoms with Gasteiger partial charge in [0.05, 0.1) is 5.56 Å². The largest absolute Gasteiger partial charge is 0.417 e. The molecule has 0 fully saturated rings. The molecule has 3 heterocycles. The average molecular weight is 365 g/mol. The highest BCUT2D eigenvalue weighted by Gasteiger charge is 2.30. The lowest BCUT2D eigenvalue weighted by Crippen LogP contribution is -2.05. The van der Waals surface area contributed by atoms with Crippen LogP contribution in [-0.4, -0.2) is 19.3 Å². The van der Waals surface area contributed by atoms with Crippen LogP contribution in [-0.2, 0) is 6.18 Å². The van der Waals surface area contributed by atoms with Gasteiger partial charge in [-0.05, 0) is 35.7 Å². The number of anilines is 2. The minimum atomic E-state index is -4.41. The molecule has 0 radical (unpaired) electrons. The number of rotatable bonds is 4. The Morgan fingerprint density at radius 1 is 1.12 bits per heavy atom. The molecule has 0 aromatic carbocycles. The van der Waals surface area contributed by atoms with E-state index in [-0.39, 0.29) is 5.82 Å². The van der Waals surface area contributed by atoms with E-state index in [1.54, 1.807) is 6.20 Å². The predicted octanol–water partition coefficient (Wildman–Crippen LogP) is 4.88. The maximum atomic E-state index is 12.5. The van der Waals surface area contributed by atoms with Crippen molar-refractivity contribution >= 4 is 22.5 Å². The fraction of sp³-hybridized carbons (Fsp3) is 0.250. The molecular formula is C16H14F3N5S. The molecule has 0 aliphatic rings. The second-order valence-corrected chi connectivity index (χ2v) is 6.36. The van der Waals surface area contributed by atoms with Crippen LogP contribution in [0.25, 0.3) is 11.5 Å². The SMILES string of the molecule is CC(C)c1ccnc(-c2nsc(Nc3ccc(C(F)(F)F)cn3)n2)c1. The van der Waals surface area contributed by atoms with Gasteiger partial charge in [-0.1, -0.05) is 13.8 Å². The number of hydrogen-bond acceptors (Lipinski definition) is 6. The first kappa shape index (κ1) is 17.3. The number of nitrogens with zero attached hydrogens (tertiary/aromatic N) is 4. The van der Waals surface area contributed by atoms with Gasteiger partial charge in [0.1, 0.15) is 11.5 Å². The zero-order chi connectivity index (χ0) is 18.0. The molecule has 0 bridgehead atoms. The molecule has 0 saturated heterocycles. The van der Waals surface area contributed by atoms with Crippen molar-refractivity contribution in [1.29, 1.82) is 0 Å². The smallest absolute Gasteiger partial charge is 0.315 e. The second-order valence-electron chi connectivity index (χ2n) is 5.61. The fourth-order valence-corrected chi connectivity index (χ4v) is 2.64. The lowest BCUT2D eigenvalue weighted by atomic mass is 10.0. The first-order valence-electron chi connectivity index (χ1n) is 7.43. The summed E-state index contributed by atoms with van der Waals surface area (Å²) in [5.41, 5.74) is 0.972. The Morgan fingerprint density at radius 3 is 2.56 bits per heavy atom. The van der Waals surface area contributed by atoms with E-state index in [9.17, 15) is 13.2 Å². The van der Waals surface area contributed by atoms with Gasteiger partial charge < -0.3 is 5.32 Å². The molecule has 25 heavy (non-hydrogen) atoms. The van der Waals surface area contributed by atoms with Gasteiger partial charge in [-0.15, -0.1) is 0 Å². The van der Waals surface area contributed by atoms with E-state index in [2.05, 4.69) is 38.5 Å². The van der Waals surface area contributed by atoms with Gasteiger partial charge in [-0.3, -0.25) is 4.98 Å². The predicted molar refractivity (Wildman–Crippen MR) is 89.8 cm³/mol. The molecule has 0 spiro atoms. The molecule has 0 atom stereocenters. The summed E-state index contributed by atoms with van der Waals surface area (Å²) in [7, 11) is 0. The van der Waals surface area contributed by atoms with E-state index in [1.165, 1.54) is 6.07 Å². The summed E-state index contributed by atoms with van der Waals surface area (Å²) in [5, 5.41) is 3.28. The molecule has 130 valence electrons. The Morgan fingerprint density at radius 2 is 1.92 bits per heavy atom. The molecule has 0 aliphatic carbocycles. The van der Waals surface area contributed by atoms with Crippen LogP contribution < -0.4 is 5.32 Å². The van der Waals surface area contributed by atoms with Crippen LogP contribution in [0.15, 0.2) is 36.7 Å². The zero-order valence-corrected chi connectivity index (χ0v) is 14.2. The zero-order valence-electron chi connectivity index (χ0n) is 13.4. The van der Waals surface area contributed by atoms with Crippen LogP contribution in [0.2, 0.25) is 0 Å². The third kappa shape index (κ3) is 4.11. The van der Waals surface area contributed by atoms with Gasteiger partial charge in [0.25, 0.3) is 0 Å². The summed E-state index contributed by atoms with van der Waals surface area (Å²) in [5.74, 6) is 1.08. The van der Waals surface area contributed by atoms with Gasteiger partial charge in [-0.25, -0.2) is 4.98 Å². The van der Waals surface area contributed by atoms with Crippen molar-refractivity contribution < 1.29 is 13.2 Å². The fourth-order valence-electron chi connectivity index (χ4n) is 2.05. The Balaban J connectivity index is 1.77. The molecule has 9 heteroatoms. The standard InChI is InChI=1S/C16H14F3N5S/c1-9(2)10-5-6-20-12(7-10)14-23-15(25-24-14)22-13-4-3-11(8-21-13)16(17,18)19/h3-9H,1-2H3,(H,21,22,23,24). The van der Waals surface area contributed by atoms with Gasteiger partial charge >= 0.3 is 6.18 Å². The topological polar surface area (TPSA) is 63.6 Å². The highest BCUT2D eigenvalue weighted by molar-refractivity contribution is 7.09. The van der Waals surface area contributed by atoms with E-state index >= 15 is 0 Å². The number of hydrogen-bond donors (Lipinski definition) is 1. The van der Waals surface area contributed by atoms with Crippen LogP contribution in [0.1, 0.15) is 30.9 Å². The van der Waals surface area contributed by atoms with Crippen LogP contribution >= 0.6 is 11.5 Å². The maximum Gasteiger partial charge on any atom is 0.417 e. The van der Waals surface area contributed by atoms with Crippen LogP contribution in [0.3, 0.4) is 0 Å². The van der Waals surface area contributed by atoms with Crippen LogP contribution in [0.4, 0.5) is 24.1 Å². The van der Waals surface area contributed by atoms with Crippen molar-refractivity contribution in [3.05, 3.63) is 47.8 Å². The first-order chi connectivity index (χ1) is 11.8. The summed E-state index contributed by atoms with van der Waals surface area (Å²) in [6.45, 7) is 4.16. The molecule has 1 N–H and O–H groups in total. The Hall–Kier alpha value is -2.55. The molecule has 0 saturated carbocycles. The molecule has 3 aromatic rings. The Bertz CT molecular complexity index is 859. The Kier molecular flexibility index (Phi) is 4.67. The van der Waals surface area contributed by atoms with Crippen molar-refractivity contribution in [2.75, 3.05) is 5.32 Å². The van der Waals surface area contributed by atoms with E-state index in [4.69, 9.17) is 0 Å². The highest BCUT2D eigenvalue weighted by Crippen LogP contribution is 2.30. The average Bonchev–Trinajstić information content (AvgIpc) is 3.03. The minimum Gasteiger partial charge on any atom is -0.315 e. The monoisotopic (exact) mass is 365 g/mol. The number of halogens is 3. The molecule has 3 aromatic heterocycles. The van der Waals surface area contributed by atoms with Gasteiger partial charge in [0, 0.05) is 23.9 Å². The van der Waals surface area contributed by atoms with Gasteiger partial charge in [0.2, 0.25) is 5.13 Å². The number of pyridine rings is 2. The number of alkyl halides is 3. The normalized spacial score (nSPS) is 11.8. The summed E-state index contributed by atoms with van der Waals surface area (Å²) in [4.78, 5) is 12.3. The summed E-state index contributed by atoms with van der Waals surface area (Å²) in [6.07, 6.45) is -1.93. The van der Waals surface area contributed by atoms with E-state index in [0.29, 0.717) is 22.6 Å². The lowest BCUT2D eigenvalue weighted by molar-refractivity contribution is -0.137. The molecule has 3 rings (SSSR count). The summed E-state index contributed by atoms with van der Waals surface area (Å²) < 4.78 is 41.9. The summed E-state index contributed by atoms with van der Waals surface area (Å²) in [6, 6.07) is 6.07. The molecule has 0 amide bonds. The molecule has 0 unspecified atom stereocenters. The highest BCUT2D eigenvalue weighted by atomic mass is 32.1. The lowest BCUT2D eigenvalue weighted by Gasteiger charge is -2.06. The van der Waals surface area contributed by atoms with E-state index in [1.807, 2.05) is 12.1 Å². The van der Waals surface area contributed by atoms with Crippen molar-refractivity contribution in [3.8, 4) is 11.5 Å². The van der Waals surface area contributed by atoms with Gasteiger partial charge in [-0.2, -0.15) is 22.5 Å².